The van der Waals surface area contributed by atoms with Crippen LogP contribution in [-0.4, -0.2) is 80.7 Å². The summed E-state index contributed by atoms with van der Waals surface area (Å²) in [5, 5.41) is 19.6. The van der Waals surface area contributed by atoms with Crippen LogP contribution >= 0.6 is 11.3 Å². The molecule has 1 aromatic carbocycles. The lowest BCUT2D eigenvalue weighted by atomic mass is 10.0. The lowest BCUT2D eigenvalue weighted by Crippen LogP contribution is -2.36. The number of alkyl carbamates (subject to hydrolysis) is 1. The summed E-state index contributed by atoms with van der Waals surface area (Å²) in [6, 6.07) is 5.53. The van der Waals surface area contributed by atoms with Gasteiger partial charge in [0, 0.05) is 55.1 Å². The van der Waals surface area contributed by atoms with Gasteiger partial charge in [-0.15, -0.1) is 11.3 Å². The van der Waals surface area contributed by atoms with E-state index in [1.165, 1.54) is 35.6 Å². The summed E-state index contributed by atoms with van der Waals surface area (Å²) in [6.45, 7) is 5.09. The van der Waals surface area contributed by atoms with Crippen LogP contribution in [0.2, 0.25) is 0 Å². The average Bonchev–Trinajstić information content (AvgIpc) is 3.25. The van der Waals surface area contributed by atoms with Crippen molar-refractivity contribution in [2.45, 2.75) is 37.8 Å². The molecule has 1 aromatic heterocycles. The molecule has 12 nitrogen and oxygen atoms in total. The molecule has 2 heterocycles. The van der Waals surface area contributed by atoms with E-state index in [0.717, 1.165) is 40.8 Å². The van der Waals surface area contributed by atoms with Crippen molar-refractivity contribution in [1.29, 1.82) is 10.8 Å². The third-order valence-corrected chi connectivity index (χ3v) is 8.99. The number of methoxy groups -OCH3 is 1. The first-order valence-corrected chi connectivity index (χ1v) is 14.0. The Kier molecular flexibility index (Phi) is 9.49. The second kappa shape index (κ2) is 12.4. The molecule has 0 unspecified atom stereocenters. The second-order valence-corrected chi connectivity index (χ2v) is 11.7. The van der Waals surface area contributed by atoms with E-state index in [1.54, 1.807) is 0 Å². The van der Waals surface area contributed by atoms with Gasteiger partial charge in [0.15, 0.2) is 0 Å². The first-order valence-electron chi connectivity index (χ1n) is 11.7. The van der Waals surface area contributed by atoms with Crippen molar-refractivity contribution >= 4 is 56.7 Å². The van der Waals surface area contributed by atoms with Crippen LogP contribution in [-0.2, 0) is 27.7 Å². The maximum absolute atomic E-state index is 13.1. The van der Waals surface area contributed by atoms with Gasteiger partial charge in [-0.05, 0) is 50.1 Å². The Labute approximate surface area is 225 Å². The van der Waals surface area contributed by atoms with Crippen molar-refractivity contribution in [3.8, 4) is 0 Å². The summed E-state index contributed by atoms with van der Waals surface area (Å²) in [7, 11) is -2.83. The molecule has 0 radical (unpaired) electrons. The number of sulfonamides is 1. The molecule has 0 aliphatic carbocycles. The predicted molar refractivity (Wildman–Crippen MR) is 144 cm³/mol. The third-order valence-electron chi connectivity index (χ3n) is 6.02. The molecule has 0 saturated carbocycles. The monoisotopic (exact) mass is 562 g/mol. The number of anilines is 1. The molecule has 1 aliphatic rings. The van der Waals surface area contributed by atoms with Gasteiger partial charge < -0.3 is 20.9 Å². The highest BCUT2D eigenvalue weighted by Gasteiger charge is 2.30. The van der Waals surface area contributed by atoms with E-state index in [9.17, 15) is 22.8 Å². The molecule has 0 atom stereocenters. The number of hydrogen-bond acceptors (Lipinski definition) is 10. The van der Waals surface area contributed by atoms with Crippen LogP contribution < -0.4 is 10.6 Å². The predicted octanol–water partition coefficient (Wildman–Crippen LogP) is 2.55. The number of nitrogens with zero attached hydrogens (tertiary/aromatic N) is 2. The summed E-state index contributed by atoms with van der Waals surface area (Å²) < 4.78 is 31.2. The standard InChI is InChI=1S/C24H30N6O6S2/c1-15(2)29-11-8-18-19(14-29)37-23(20(18)22(32)28-24(33)36-3)27-21(31)16-4-6-17(7-5-16)38(34,35)30(12-9-25)13-10-26/h4-7,9-10,15,25-26H,8,11-14H2,1-3H3,(H,27,31)(H,28,32,33). The lowest BCUT2D eigenvalue weighted by Gasteiger charge is -2.30. The van der Waals surface area contributed by atoms with Crippen LogP contribution in [0.15, 0.2) is 29.2 Å². The van der Waals surface area contributed by atoms with Gasteiger partial charge in [-0.1, -0.05) is 0 Å². The minimum atomic E-state index is -3.97. The smallest absolute Gasteiger partial charge is 0.413 e. The summed E-state index contributed by atoms with van der Waals surface area (Å²) in [5.41, 5.74) is 1.13. The SMILES string of the molecule is COC(=O)NC(=O)c1c(NC(=O)c2ccc(S(=O)(=O)N(CC=N)CC=N)cc2)sc2c1CCN(C(C)C)C2. The molecular weight excluding hydrogens is 532 g/mol. The van der Waals surface area contributed by atoms with Crippen molar-refractivity contribution in [1.82, 2.24) is 14.5 Å². The van der Waals surface area contributed by atoms with Crippen molar-refractivity contribution in [2.24, 2.45) is 0 Å². The van der Waals surface area contributed by atoms with Crippen molar-refractivity contribution < 1.29 is 27.5 Å². The Balaban J connectivity index is 1.89. The highest BCUT2D eigenvalue weighted by Crippen LogP contribution is 2.38. The minimum absolute atomic E-state index is 0.0868. The van der Waals surface area contributed by atoms with E-state index in [-0.39, 0.29) is 34.1 Å². The number of amides is 3. The molecule has 4 N–H and O–H groups in total. The van der Waals surface area contributed by atoms with Crippen LogP contribution in [0.5, 0.6) is 0 Å². The fourth-order valence-corrected chi connectivity index (χ4v) is 6.56. The van der Waals surface area contributed by atoms with Crippen molar-refractivity contribution in [3.63, 3.8) is 0 Å². The Hall–Kier alpha value is -3.46. The van der Waals surface area contributed by atoms with Crippen molar-refractivity contribution in [2.75, 3.05) is 32.1 Å². The van der Waals surface area contributed by atoms with Crippen LogP contribution in [0, 0.1) is 10.8 Å². The van der Waals surface area contributed by atoms with Gasteiger partial charge in [0.25, 0.3) is 11.8 Å². The Morgan fingerprint density at radius 2 is 1.76 bits per heavy atom. The number of ether oxygens (including phenoxy) is 1. The normalized spacial score (nSPS) is 13.6. The number of rotatable bonds is 10. The molecular formula is C24H30N6O6S2. The van der Waals surface area contributed by atoms with E-state index in [4.69, 9.17) is 10.8 Å². The zero-order valence-corrected chi connectivity index (χ0v) is 22.9. The van der Waals surface area contributed by atoms with Crippen LogP contribution in [0.1, 0.15) is 45.0 Å². The number of benzene rings is 1. The summed E-state index contributed by atoms with van der Waals surface area (Å²) >= 11 is 1.26. The van der Waals surface area contributed by atoms with E-state index < -0.39 is 27.9 Å². The largest absolute Gasteiger partial charge is 0.453 e. The number of fused-ring (bicyclic) bond motifs is 1. The van der Waals surface area contributed by atoms with Crippen LogP contribution in [0.4, 0.5) is 9.80 Å². The molecule has 0 spiro atoms. The Morgan fingerprint density at radius 3 is 2.32 bits per heavy atom. The number of thiophene rings is 1. The number of carbonyl (C=O) groups is 3. The number of nitrogens with one attached hydrogen (secondary N) is 4. The van der Waals surface area contributed by atoms with Crippen molar-refractivity contribution in [3.05, 3.63) is 45.8 Å². The zero-order valence-electron chi connectivity index (χ0n) is 21.2. The van der Waals surface area contributed by atoms with Gasteiger partial charge in [0.1, 0.15) is 5.00 Å². The number of carbonyl (C=O) groups excluding carboxylic acids is 3. The summed E-state index contributed by atoms with van der Waals surface area (Å²) in [5.74, 6) is -1.24. The molecule has 0 saturated heterocycles. The molecule has 1 aliphatic heterocycles. The van der Waals surface area contributed by atoms with Gasteiger partial charge in [-0.2, -0.15) is 4.31 Å². The average molecular weight is 563 g/mol. The van der Waals surface area contributed by atoms with E-state index in [2.05, 4.69) is 34.1 Å². The molecule has 3 rings (SSSR count). The molecule has 204 valence electrons. The fourth-order valence-electron chi connectivity index (χ4n) is 3.98. The van der Waals surface area contributed by atoms with Gasteiger partial charge in [-0.25, -0.2) is 13.2 Å². The minimum Gasteiger partial charge on any atom is -0.453 e. The highest BCUT2D eigenvalue weighted by molar-refractivity contribution is 7.89. The topological polar surface area (TPSA) is 173 Å². The maximum Gasteiger partial charge on any atom is 0.413 e. The molecule has 0 fully saturated rings. The Morgan fingerprint density at radius 1 is 1.13 bits per heavy atom. The third kappa shape index (κ3) is 6.32. The second-order valence-electron chi connectivity index (χ2n) is 8.68. The first kappa shape index (κ1) is 29.1. The van der Waals surface area contributed by atoms with Gasteiger partial charge in [0.2, 0.25) is 10.0 Å². The number of hydrogen-bond donors (Lipinski definition) is 4. The van der Waals surface area contributed by atoms with E-state index in [0.29, 0.717) is 19.0 Å². The van der Waals surface area contributed by atoms with Gasteiger partial charge in [0.05, 0.1) is 17.6 Å². The van der Waals surface area contributed by atoms with Gasteiger partial charge in [-0.3, -0.25) is 19.8 Å². The maximum atomic E-state index is 13.1. The number of imide groups is 1. The van der Waals surface area contributed by atoms with Crippen LogP contribution in [0.25, 0.3) is 0 Å². The highest BCUT2D eigenvalue weighted by atomic mass is 32.2. The van der Waals surface area contributed by atoms with Crippen LogP contribution in [0.3, 0.4) is 0 Å². The quantitative estimate of drug-likeness (QED) is 0.322. The first-order chi connectivity index (χ1) is 18.0. The molecule has 38 heavy (non-hydrogen) atoms. The lowest BCUT2D eigenvalue weighted by molar-refractivity contribution is 0.0936. The summed E-state index contributed by atoms with van der Waals surface area (Å²) in [6.07, 6.45) is 1.51. The molecule has 14 heteroatoms. The van der Waals surface area contributed by atoms with E-state index >= 15 is 0 Å². The fraction of sp³-hybridized carbons (Fsp3) is 0.375. The summed E-state index contributed by atoms with van der Waals surface area (Å²) in [4.78, 5) is 40.8. The van der Waals surface area contributed by atoms with Gasteiger partial charge >= 0.3 is 6.09 Å². The van der Waals surface area contributed by atoms with E-state index in [1.807, 2.05) is 0 Å². The zero-order chi connectivity index (χ0) is 28.0. The molecule has 2 aromatic rings. The molecule has 0 bridgehead atoms. The Bertz CT molecular complexity index is 1330. The molecule has 3 amide bonds.